The Morgan fingerprint density at radius 1 is 0.793 bits per heavy atom. The normalized spacial score (nSPS) is 44.6. The fourth-order valence-corrected chi connectivity index (χ4v) is 3.22. The molecule has 0 saturated carbocycles. The molecule has 0 bridgehead atoms. The Morgan fingerprint density at radius 3 is 1.97 bits per heavy atom. The van der Waals surface area contributed by atoms with Crippen molar-refractivity contribution in [1.29, 1.82) is 0 Å². The lowest BCUT2D eigenvalue weighted by Gasteiger charge is -2.45. The van der Waals surface area contributed by atoms with E-state index in [2.05, 4.69) is 0 Å². The summed E-state index contributed by atoms with van der Waals surface area (Å²) in [7, 11) is 0. The van der Waals surface area contributed by atoms with Gasteiger partial charge in [-0.3, -0.25) is 0 Å². The van der Waals surface area contributed by atoms with Crippen LogP contribution in [0.3, 0.4) is 0 Å². The SMILES string of the molecule is CCC(O)CCOC1OC(CO)[C@@H](O[C@@H]2OC(CO)C(O)C(O)C2O)C(O)C1O. The highest BCUT2D eigenvalue weighted by Crippen LogP contribution is 2.29. The summed E-state index contributed by atoms with van der Waals surface area (Å²) in [4.78, 5) is 0. The maximum atomic E-state index is 10.4. The van der Waals surface area contributed by atoms with Crippen molar-refractivity contribution >= 4 is 0 Å². The summed E-state index contributed by atoms with van der Waals surface area (Å²) < 4.78 is 21.5. The van der Waals surface area contributed by atoms with E-state index in [0.717, 1.165) is 0 Å². The average Bonchev–Trinajstić information content (AvgIpc) is 2.72. The van der Waals surface area contributed by atoms with Gasteiger partial charge < -0.3 is 59.8 Å². The molecule has 12 heteroatoms. The summed E-state index contributed by atoms with van der Waals surface area (Å²) in [6.45, 7) is 0.534. The third-order valence-corrected chi connectivity index (χ3v) is 5.16. The second kappa shape index (κ2) is 11.2. The van der Waals surface area contributed by atoms with Gasteiger partial charge in [-0.2, -0.15) is 0 Å². The summed E-state index contributed by atoms with van der Waals surface area (Å²) in [5.74, 6) is 0. The summed E-state index contributed by atoms with van der Waals surface area (Å²) in [6, 6.07) is 0. The molecule has 11 atom stereocenters. The number of hydrogen-bond donors (Lipinski definition) is 8. The van der Waals surface area contributed by atoms with Crippen molar-refractivity contribution < 1.29 is 59.8 Å². The van der Waals surface area contributed by atoms with Crippen LogP contribution in [0.25, 0.3) is 0 Å². The quantitative estimate of drug-likeness (QED) is 0.176. The zero-order valence-corrected chi connectivity index (χ0v) is 16.1. The first-order valence-corrected chi connectivity index (χ1v) is 9.63. The zero-order chi connectivity index (χ0) is 21.7. The van der Waals surface area contributed by atoms with Gasteiger partial charge in [0.15, 0.2) is 12.6 Å². The number of ether oxygens (including phenoxy) is 4. The maximum Gasteiger partial charge on any atom is 0.187 e. The van der Waals surface area contributed by atoms with Crippen molar-refractivity contribution in [3.05, 3.63) is 0 Å². The molecule has 0 aliphatic carbocycles. The molecule has 12 nitrogen and oxygen atoms in total. The second-order valence-electron chi connectivity index (χ2n) is 7.23. The minimum atomic E-state index is -1.72. The maximum absolute atomic E-state index is 10.4. The molecule has 2 fully saturated rings. The van der Waals surface area contributed by atoms with E-state index in [1.165, 1.54) is 0 Å². The van der Waals surface area contributed by atoms with Gasteiger partial charge in [0.05, 0.1) is 25.9 Å². The smallest absolute Gasteiger partial charge is 0.187 e. The van der Waals surface area contributed by atoms with Gasteiger partial charge in [0.1, 0.15) is 48.8 Å². The van der Waals surface area contributed by atoms with Gasteiger partial charge in [-0.15, -0.1) is 0 Å². The molecule has 0 aromatic heterocycles. The van der Waals surface area contributed by atoms with E-state index in [4.69, 9.17) is 18.9 Å². The molecule has 0 radical (unpaired) electrons. The van der Waals surface area contributed by atoms with E-state index in [1.807, 2.05) is 0 Å². The molecule has 0 amide bonds. The van der Waals surface area contributed by atoms with Crippen LogP contribution in [0.15, 0.2) is 0 Å². The topological polar surface area (TPSA) is 199 Å². The summed E-state index contributed by atoms with van der Waals surface area (Å²) in [5.41, 5.74) is 0. The predicted octanol–water partition coefficient (Wildman–Crippen LogP) is -4.21. The summed E-state index contributed by atoms with van der Waals surface area (Å²) >= 11 is 0. The Balaban J connectivity index is 2.02. The Labute approximate surface area is 167 Å². The first-order chi connectivity index (χ1) is 13.7. The van der Waals surface area contributed by atoms with Crippen molar-refractivity contribution in [2.75, 3.05) is 19.8 Å². The Hall–Kier alpha value is -0.480. The molecular weight excluding hydrogens is 396 g/mol. The lowest BCUT2D eigenvalue weighted by atomic mass is 9.97. The van der Waals surface area contributed by atoms with Crippen LogP contribution in [0.4, 0.5) is 0 Å². The largest absolute Gasteiger partial charge is 0.394 e. The van der Waals surface area contributed by atoms with Crippen LogP contribution < -0.4 is 0 Å². The Kier molecular flexibility index (Phi) is 9.60. The van der Waals surface area contributed by atoms with Crippen LogP contribution in [0.1, 0.15) is 19.8 Å². The second-order valence-corrected chi connectivity index (χ2v) is 7.23. The Bertz CT molecular complexity index is 477. The number of aliphatic hydroxyl groups is 8. The average molecular weight is 428 g/mol. The fraction of sp³-hybridized carbons (Fsp3) is 1.00. The molecule has 2 rings (SSSR count). The van der Waals surface area contributed by atoms with Crippen molar-refractivity contribution in [3.8, 4) is 0 Å². The van der Waals surface area contributed by atoms with Crippen LogP contribution in [0.2, 0.25) is 0 Å². The number of hydrogen-bond acceptors (Lipinski definition) is 12. The van der Waals surface area contributed by atoms with Crippen molar-refractivity contribution in [2.24, 2.45) is 0 Å². The minimum Gasteiger partial charge on any atom is -0.394 e. The van der Waals surface area contributed by atoms with Gasteiger partial charge in [-0.25, -0.2) is 0 Å². The molecule has 0 aromatic carbocycles. The van der Waals surface area contributed by atoms with E-state index in [-0.39, 0.29) is 13.0 Å². The van der Waals surface area contributed by atoms with E-state index >= 15 is 0 Å². The first-order valence-electron chi connectivity index (χ1n) is 9.63. The van der Waals surface area contributed by atoms with Crippen LogP contribution in [-0.2, 0) is 18.9 Å². The van der Waals surface area contributed by atoms with E-state index in [9.17, 15) is 40.9 Å². The zero-order valence-electron chi connectivity index (χ0n) is 16.1. The summed E-state index contributed by atoms with van der Waals surface area (Å²) in [6.07, 6.45) is -14.6. The first kappa shape index (κ1) is 24.8. The molecule has 2 aliphatic heterocycles. The fourth-order valence-electron chi connectivity index (χ4n) is 3.22. The molecular formula is C17H32O12. The van der Waals surface area contributed by atoms with E-state index < -0.39 is 80.7 Å². The molecule has 2 saturated heterocycles. The standard InChI is InChI=1S/C17H32O12/c1-2-7(20)3-4-26-16-14(25)12(23)15(9(6-19)28-16)29-17-13(24)11(22)10(21)8(5-18)27-17/h7-25H,2-6H2,1H3/t7?,8?,9?,10?,11?,12?,13?,14?,15-,16?,17+/m1/s1. The molecule has 2 aliphatic rings. The molecule has 0 spiro atoms. The highest BCUT2D eigenvalue weighted by molar-refractivity contribution is 4.94. The van der Waals surface area contributed by atoms with Gasteiger partial charge in [-0.05, 0) is 12.8 Å². The van der Waals surface area contributed by atoms with E-state index in [0.29, 0.717) is 6.42 Å². The van der Waals surface area contributed by atoms with Gasteiger partial charge in [0.25, 0.3) is 0 Å². The molecule has 8 N–H and O–H groups in total. The van der Waals surface area contributed by atoms with Crippen LogP contribution in [-0.4, -0.2) is 128 Å². The minimum absolute atomic E-state index is 0.0415. The number of rotatable bonds is 9. The summed E-state index contributed by atoms with van der Waals surface area (Å²) in [5, 5.41) is 78.8. The van der Waals surface area contributed by atoms with Crippen LogP contribution in [0.5, 0.6) is 0 Å². The third kappa shape index (κ3) is 5.81. The van der Waals surface area contributed by atoms with Crippen molar-refractivity contribution in [3.63, 3.8) is 0 Å². The van der Waals surface area contributed by atoms with Crippen LogP contribution in [0, 0.1) is 0 Å². The monoisotopic (exact) mass is 428 g/mol. The third-order valence-electron chi connectivity index (χ3n) is 5.16. The van der Waals surface area contributed by atoms with Gasteiger partial charge in [-0.1, -0.05) is 6.92 Å². The molecule has 2 heterocycles. The highest BCUT2D eigenvalue weighted by Gasteiger charge is 2.50. The molecule has 9 unspecified atom stereocenters. The van der Waals surface area contributed by atoms with Crippen molar-refractivity contribution in [2.45, 2.75) is 87.3 Å². The lowest BCUT2D eigenvalue weighted by Crippen LogP contribution is -2.64. The predicted molar refractivity (Wildman–Crippen MR) is 93.3 cm³/mol. The lowest BCUT2D eigenvalue weighted by molar-refractivity contribution is -0.359. The van der Waals surface area contributed by atoms with Crippen molar-refractivity contribution in [1.82, 2.24) is 0 Å². The van der Waals surface area contributed by atoms with Gasteiger partial charge in [0, 0.05) is 0 Å². The van der Waals surface area contributed by atoms with Crippen LogP contribution >= 0.6 is 0 Å². The number of aliphatic hydroxyl groups excluding tert-OH is 8. The molecule has 29 heavy (non-hydrogen) atoms. The van der Waals surface area contributed by atoms with Gasteiger partial charge in [0.2, 0.25) is 0 Å². The highest BCUT2D eigenvalue weighted by atomic mass is 16.7. The Morgan fingerprint density at radius 2 is 1.38 bits per heavy atom. The van der Waals surface area contributed by atoms with Gasteiger partial charge >= 0.3 is 0 Å². The molecule has 172 valence electrons. The van der Waals surface area contributed by atoms with E-state index in [1.54, 1.807) is 6.92 Å². The molecule has 0 aromatic rings.